The Labute approximate surface area is 146 Å². The van der Waals surface area contributed by atoms with E-state index in [0.717, 1.165) is 50.2 Å². The average molecular weight is 332 g/mol. The van der Waals surface area contributed by atoms with E-state index in [2.05, 4.69) is 0 Å². The number of methoxy groups -OCH3 is 1. The summed E-state index contributed by atoms with van der Waals surface area (Å²) in [5.41, 5.74) is 1.11. The Morgan fingerprint density at radius 2 is 1.62 bits per heavy atom. The summed E-state index contributed by atoms with van der Waals surface area (Å²) < 4.78 is 10.8. The Morgan fingerprint density at radius 1 is 0.958 bits per heavy atom. The largest absolute Gasteiger partial charge is 0.494 e. The predicted molar refractivity (Wildman–Crippen MR) is 97.6 cm³/mol. The minimum absolute atomic E-state index is 0.299. The van der Waals surface area contributed by atoms with Gasteiger partial charge in [-0.25, -0.2) is 0 Å². The highest BCUT2D eigenvalue weighted by Crippen LogP contribution is 2.25. The maximum atomic E-state index is 12.3. The minimum Gasteiger partial charge on any atom is -0.494 e. The molecule has 0 atom stereocenters. The topological polar surface area (TPSA) is 35.5 Å². The normalized spacial score (nSPS) is 15.4. The lowest BCUT2D eigenvalue weighted by atomic mass is 9.84. The first-order valence-corrected chi connectivity index (χ1v) is 9.53. The molecule has 0 bridgehead atoms. The Hall–Kier alpha value is -1.35. The van der Waals surface area contributed by atoms with Crippen molar-refractivity contribution in [3.63, 3.8) is 0 Å². The minimum atomic E-state index is 0.299. The highest BCUT2D eigenvalue weighted by Gasteiger charge is 2.20. The van der Waals surface area contributed by atoms with Crippen molar-refractivity contribution in [3.8, 4) is 5.75 Å². The van der Waals surface area contributed by atoms with Crippen LogP contribution in [-0.4, -0.2) is 26.1 Å². The van der Waals surface area contributed by atoms with E-state index >= 15 is 0 Å². The molecule has 1 aromatic rings. The zero-order valence-corrected chi connectivity index (χ0v) is 15.1. The van der Waals surface area contributed by atoms with Gasteiger partial charge in [0.25, 0.3) is 0 Å². The monoisotopic (exact) mass is 332 g/mol. The van der Waals surface area contributed by atoms with Crippen LogP contribution in [0.1, 0.15) is 63.4 Å². The van der Waals surface area contributed by atoms with Crippen molar-refractivity contribution in [3.05, 3.63) is 29.8 Å². The highest BCUT2D eigenvalue weighted by molar-refractivity contribution is 5.83. The van der Waals surface area contributed by atoms with Gasteiger partial charge >= 0.3 is 0 Å². The summed E-state index contributed by atoms with van der Waals surface area (Å²) in [4.78, 5) is 12.3. The zero-order valence-electron chi connectivity index (χ0n) is 15.1. The molecule has 1 aromatic carbocycles. The van der Waals surface area contributed by atoms with Gasteiger partial charge in [-0.3, -0.25) is 4.79 Å². The number of rotatable bonds is 11. The van der Waals surface area contributed by atoms with Crippen LogP contribution in [0.3, 0.4) is 0 Å². The summed E-state index contributed by atoms with van der Waals surface area (Å²) in [5.74, 6) is 1.62. The Kier molecular flexibility index (Phi) is 8.90. The smallest absolute Gasteiger partial charge is 0.140 e. The average Bonchev–Trinajstić information content (AvgIpc) is 2.63. The van der Waals surface area contributed by atoms with E-state index in [1.165, 1.54) is 32.1 Å². The second-order valence-corrected chi connectivity index (χ2v) is 6.88. The van der Waals surface area contributed by atoms with E-state index in [-0.39, 0.29) is 0 Å². The van der Waals surface area contributed by atoms with Gasteiger partial charge in [-0.1, -0.05) is 37.8 Å². The third-order valence-electron chi connectivity index (χ3n) is 4.87. The maximum Gasteiger partial charge on any atom is 0.140 e. The summed E-state index contributed by atoms with van der Waals surface area (Å²) in [6.45, 7) is 1.61. The summed E-state index contributed by atoms with van der Waals surface area (Å²) in [6, 6.07) is 8.06. The molecule has 24 heavy (non-hydrogen) atoms. The van der Waals surface area contributed by atoms with Gasteiger partial charge in [0.15, 0.2) is 0 Å². The number of hydrogen-bond acceptors (Lipinski definition) is 3. The number of ketones is 1. The lowest BCUT2D eigenvalue weighted by molar-refractivity contribution is -0.123. The Bertz CT molecular complexity index is 460. The number of unbranched alkanes of at least 4 members (excludes halogenated alkanes) is 3. The lowest BCUT2D eigenvalue weighted by Crippen LogP contribution is -2.19. The van der Waals surface area contributed by atoms with Crippen molar-refractivity contribution in [2.45, 2.75) is 64.2 Å². The second kappa shape index (κ2) is 11.2. The van der Waals surface area contributed by atoms with Gasteiger partial charge in [0.1, 0.15) is 11.5 Å². The van der Waals surface area contributed by atoms with Crippen LogP contribution in [0.15, 0.2) is 24.3 Å². The quantitative estimate of drug-likeness (QED) is 0.537. The highest BCUT2D eigenvalue weighted by atomic mass is 16.5. The van der Waals surface area contributed by atoms with Gasteiger partial charge in [0, 0.05) is 26.1 Å². The summed E-state index contributed by atoms with van der Waals surface area (Å²) >= 11 is 0. The molecule has 0 saturated heterocycles. The van der Waals surface area contributed by atoms with E-state index in [1.54, 1.807) is 7.11 Å². The molecule has 0 aromatic heterocycles. The van der Waals surface area contributed by atoms with Crippen molar-refractivity contribution < 1.29 is 14.3 Å². The van der Waals surface area contributed by atoms with Gasteiger partial charge in [0.2, 0.25) is 0 Å². The molecule has 3 nitrogen and oxygen atoms in total. The molecular formula is C21H32O3. The molecule has 2 rings (SSSR count). The fourth-order valence-electron chi connectivity index (χ4n) is 3.37. The van der Waals surface area contributed by atoms with Crippen LogP contribution < -0.4 is 4.74 Å². The van der Waals surface area contributed by atoms with E-state index in [9.17, 15) is 4.79 Å². The molecule has 0 N–H and O–H groups in total. The van der Waals surface area contributed by atoms with E-state index in [0.29, 0.717) is 18.1 Å². The van der Waals surface area contributed by atoms with Crippen LogP contribution in [0, 0.1) is 5.92 Å². The van der Waals surface area contributed by atoms with E-state index in [4.69, 9.17) is 9.47 Å². The second-order valence-electron chi connectivity index (χ2n) is 6.88. The Balaban J connectivity index is 1.64. The SMILES string of the molecule is COCCCCCCOc1ccc(CC(=O)C2CCCCC2)cc1. The van der Waals surface area contributed by atoms with Crippen LogP contribution in [0.5, 0.6) is 5.75 Å². The first kappa shape index (κ1) is 19.0. The third-order valence-corrected chi connectivity index (χ3v) is 4.87. The van der Waals surface area contributed by atoms with Gasteiger partial charge in [0.05, 0.1) is 6.61 Å². The standard InChI is InChI=1S/C21H32O3/c1-23-15-7-2-3-8-16-24-20-13-11-18(12-14-20)17-21(22)19-9-5-4-6-10-19/h11-14,19H,2-10,15-17H2,1H3. The Morgan fingerprint density at radius 3 is 2.29 bits per heavy atom. The van der Waals surface area contributed by atoms with E-state index in [1.807, 2.05) is 24.3 Å². The molecule has 1 aliphatic rings. The lowest BCUT2D eigenvalue weighted by Gasteiger charge is -2.20. The first-order chi connectivity index (χ1) is 11.8. The van der Waals surface area contributed by atoms with Gasteiger partial charge in [-0.15, -0.1) is 0 Å². The third kappa shape index (κ3) is 7.04. The number of Topliss-reactive ketones (excluding diaryl/α,β-unsaturated/α-hetero) is 1. The number of ether oxygens (including phenoxy) is 2. The number of carbonyl (C=O) groups excluding carboxylic acids is 1. The van der Waals surface area contributed by atoms with Crippen molar-refractivity contribution in [1.82, 2.24) is 0 Å². The first-order valence-electron chi connectivity index (χ1n) is 9.53. The molecule has 134 valence electrons. The van der Waals surface area contributed by atoms with Gasteiger partial charge in [-0.05, 0) is 49.8 Å². The van der Waals surface area contributed by atoms with Crippen molar-refractivity contribution >= 4 is 5.78 Å². The number of hydrogen-bond donors (Lipinski definition) is 0. The molecular weight excluding hydrogens is 300 g/mol. The summed E-state index contributed by atoms with van der Waals surface area (Å²) in [7, 11) is 1.75. The number of carbonyl (C=O) groups is 1. The molecule has 0 radical (unpaired) electrons. The molecule has 1 aliphatic carbocycles. The summed E-state index contributed by atoms with van der Waals surface area (Å²) in [5, 5.41) is 0. The fourth-order valence-corrected chi connectivity index (χ4v) is 3.37. The van der Waals surface area contributed by atoms with Gasteiger partial charge in [-0.2, -0.15) is 0 Å². The maximum absolute atomic E-state index is 12.3. The predicted octanol–water partition coefficient (Wildman–Crippen LogP) is 4.96. The van der Waals surface area contributed by atoms with Gasteiger partial charge < -0.3 is 9.47 Å². The molecule has 0 spiro atoms. The van der Waals surface area contributed by atoms with E-state index < -0.39 is 0 Å². The van der Waals surface area contributed by atoms with Crippen LogP contribution in [0.25, 0.3) is 0 Å². The molecule has 3 heteroatoms. The molecule has 0 heterocycles. The molecule has 0 amide bonds. The fraction of sp³-hybridized carbons (Fsp3) is 0.667. The summed E-state index contributed by atoms with van der Waals surface area (Å²) in [6.07, 6.45) is 11.0. The molecule has 1 fully saturated rings. The van der Waals surface area contributed by atoms with Crippen LogP contribution >= 0.6 is 0 Å². The van der Waals surface area contributed by atoms with Crippen LogP contribution in [-0.2, 0) is 16.0 Å². The number of benzene rings is 1. The van der Waals surface area contributed by atoms with Crippen LogP contribution in [0.4, 0.5) is 0 Å². The van der Waals surface area contributed by atoms with Crippen molar-refractivity contribution in [1.29, 1.82) is 0 Å². The van der Waals surface area contributed by atoms with Crippen molar-refractivity contribution in [2.24, 2.45) is 5.92 Å². The van der Waals surface area contributed by atoms with Crippen LogP contribution in [0.2, 0.25) is 0 Å². The molecule has 0 unspecified atom stereocenters. The molecule has 1 saturated carbocycles. The zero-order chi connectivity index (χ0) is 17.0. The molecule has 0 aliphatic heterocycles. The van der Waals surface area contributed by atoms with Crippen molar-refractivity contribution in [2.75, 3.05) is 20.3 Å².